The summed E-state index contributed by atoms with van der Waals surface area (Å²) in [5, 5.41) is 9.34. The predicted molar refractivity (Wildman–Crippen MR) is 209 cm³/mol. The van der Waals surface area contributed by atoms with E-state index in [1.165, 1.54) is 48.0 Å². The molecule has 0 aliphatic heterocycles. The molecule has 5 N–H and O–H groups in total. The molecular formula is C40H39FN4O7S2. The summed E-state index contributed by atoms with van der Waals surface area (Å²) in [5.41, 5.74) is 9.45. The summed E-state index contributed by atoms with van der Waals surface area (Å²) in [5.74, 6) is -2.14. The van der Waals surface area contributed by atoms with Crippen molar-refractivity contribution in [2.45, 2.75) is 46.5 Å². The third kappa shape index (κ3) is 9.19. The smallest absolute Gasteiger partial charge is 0.337 e. The second-order valence-electron chi connectivity index (χ2n) is 12.1. The van der Waals surface area contributed by atoms with Gasteiger partial charge in [-0.25, -0.2) is 9.18 Å². The van der Waals surface area contributed by atoms with Gasteiger partial charge in [-0.2, -0.15) is 0 Å². The highest BCUT2D eigenvalue weighted by Crippen LogP contribution is 2.39. The molecule has 11 nitrogen and oxygen atoms in total. The number of halogens is 1. The first-order valence-corrected chi connectivity index (χ1v) is 18.7. The zero-order valence-electron chi connectivity index (χ0n) is 30.1. The average molecular weight is 771 g/mol. The number of thiophene rings is 2. The Kier molecular flexibility index (Phi) is 13.0. The molecule has 0 bridgehead atoms. The minimum atomic E-state index is -0.546. The number of hydrogen-bond acceptors (Lipinski definition) is 9. The van der Waals surface area contributed by atoms with E-state index in [9.17, 15) is 28.4 Å². The average Bonchev–Trinajstić information content (AvgIpc) is 3.67. The lowest BCUT2D eigenvalue weighted by Gasteiger charge is -2.13. The Bertz CT molecular complexity index is 2210. The number of para-hydroxylation sites is 1. The maximum atomic E-state index is 13.5. The van der Waals surface area contributed by atoms with Crippen molar-refractivity contribution < 1.29 is 37.8 Å². The van der Waals surface area contributed by atoms with E-state index < -0.39 is 23.6 Å². The van der Waals surface area contributed by atoms with E-state index in [2.05, 4.69) is 20.7 Å². The topological polar surface area (TPSA) is 166 Å². The lowest BCUT2D eigenvalue weighted by molar-refractivity contribution is 0.0600. The number of esters is 1. The number of nitrogens with two attached hydrogens (primary N) is 1. The van der Waals surface area contributed by atoms with Crippen molar-refractivity contribution in [3.63, 3.8) is 0 Å². The Morgan fingerprint density at radius 1 is 0.778 bits per heavy atom. The molecule has 0 atom stereocenters. The van der Waals surface area contributed by atoms with E-state index in [0.717, 1.165) is 52.6 Å². The number of rotatable bonds is 10. The Morgan fingerprint density at radius 3 is 2.15 bits per heavy atom. The molecule has 1 aliphatic rings. The number of aryl methyl sites for hydroxylation is 2. The van der Waals surface area contributed by atoms with E-state index in [1.54, 1.807) is 48.5 Å². The molecule has 0 saturated heterocycles. The van der Waals surface area contributed by atoms with Gasteiger partial charge in [-0.3, -0.25) is 19.2 Å². The van der Waals surface area contributed by atoms with Crippen molar-refractivity contribution in [2.75, 3.05) is 29.7 Å². The van der Waals surface area contributed by atoms with Crippen LogP contribution >= 0.6 is 22.7 Å². The van der Waals surface area contributed by atoms with Gasteiger partial charge in [-0.1, -0.05) is 18.2 Å². The summed E-state index contributed by atoms with van der Waals surface area (Å²) in [4.78, 5) is 63.6. The molecule has 0 radical (unpaired) electrons. The van der Waals surface area contributed by atoms with E-state index >= 15 is 0 Å². The molecule has 3 aromatic carbocycles. The van der Waals surface area contributed by atoms with Crippen molar-refractivity contribution in [2.24, 2.45) is 5.73 Å². The number of nitrogens with one attached hydrogen (secondary N) is 3. The van der Waals surface area contributed by atoms with Crippen molar-refractivity contribution in [3.05, 3.63) is 127 Å². The van der Waals surface area contributed by atoms with Crippen molar-refractivity contribution >= 4 is 68.0 Å². The van der Waals surface area contributed by atoms with Gasteiger partial charge in [0.1, 0.15) is 21.6 Å². The molecule has 0 saturated carbocycles. The molecule has 6 rings (SSSR count). The Hall–Kier alpha value is -5.86. The number of methoxy groups -OCH3 is 1. The minimum Gasteiger partial charge on any atom is -0.493 e. The number of amides is 4. The van der Waals surface area contributed by atoms with Crippen LogP contribution in [0.2, 0.25) is 0 Å². The van der Waals surface area contributed by atoms with Crippen LogP contribution < -0.4 is 26.4 Å². The molecule has 0 fully saturated rings. The fourth-order valence-corrected chi connectivity index (χ4v) is 8.16. The number of ether oxygens (including phenoxy) is 2. The van der Waals surface area contributed by atoms with Crippen LogP contribution in [0.1, 0.15) is 92.4 Å². The Balaban J connectivity index is 0.000000223. The van der Waals surface area contributed by atoms with Crippen LogP contribution in [0.3, 0.4) is 0 Å². The molecule has 2 heterocycles. The Labute approximate surface area is 319 Å². The number of carbonyl (C=O) groups is 5. The van der Waals surface area contributed by atoms with Crippen LogP contribution in [0.25, 0.3) is 0 Å². The molecule has 0 unspecified atom stereocenters. The summed E-state index contributed by atoms with van der Waals surface area (Å²) < 4.78 is 23.7. The summed E-state index contributed by atoms with van der Waals surface area (Å²) in [7, 11) is 1.30. The SMILES string of the molecule is CCOc1ccccc1C(=O)Nc1sc(C)c(C)c1C(N)=O.COC(=O)c1ccc(NC(=O)c2c(NC(=O)c3cccc(F)c3)sc3c2CCCC3)cc1. The van der Waals surface area contributed by atoms with Gasteiger partial charge in [-0.05, 0) is 112 Å². The minimum absolute atomic E-state index is 0.182. The highest BCUT2D eigenvalue weighted by molar-refractivity contribution is 7.17. The standard InChI is InChI=1S/C24H21FN2O4S.C16H18N2O3S/c1-31-24(30)14-9-11-17(12-10-14)26-22(29)20-18-7-2-3-8-19(18)32-23(20)27-21(28)15-5-4-6-16(25)13-15;1-4-21-12-8-6-5-7-11(12)15(20)18-16-13(14(17)19)9(2)10(3)22-16/h4-6,9-13H,2-3,7-8H2,1H3,(H,26,29)(H,27,28);5-8H,4H2,1-3H3,(H2,17,19)(H,18,20). The first kappa shape index (κ1) is 39.3. The van der Waals surface area contributed by atoms with E-state index in [0.29, 0.717) is 50.3 Å². The summed E-state index contributed by atoms with van der Waals surface area (Å²) >= 11 is 2.73. The third-order valence-corrected chi connectivity index (χ3v) is 10.9. The monoisotopic (exact) mass is 770 g/mol. The second-order valence-corrected chi connectivity index (χ2v) is 14.5. The van der Waals surface area contributed by atoms with Gasteiger partial charge in [0.25, 0.3) is 23.6 Å². The van der Waals surface area contributed by atoms with Crippen LogP contribution in [0.15, 0.2) is 72.8 Å². The highest BCUT2D eigenvalue weighted by atomic mass is 32.1. The number of anilines is 3. The number of carbonyl (C=O) groups excluding carboxylic acids is 5. The van der Waals surface area contributed by atoms with Gasteiger partial charge in [0.2, 0.25) is 0 Å². The lowest BCUT2D eigenvalue weighted by atomic mass is 9.95. The largest absolute Gasteiger partial charge is 0.493 e. The van der Waals surface area contributed by atoms with Crippen LogP contribution in [0.4, 0.5) is 20.1 Å². The predicted octanol–water partition coefficient (Wildman–Crippen LogP) is 8.17. The number of fused-ring (bicyclic) bond motifs is 1. The van der Waals surface area contributed by atoms with Crippen LogP contribution in [0, 0.1) is 19.7 Å². The summed E-state index contributed by atoms with van der Waals surface area (Å²) in [6.07, 6.45) is 3.60. The molecule has 0 spiro atoms. The molecule has 1 aliphatic carbocycles. The van der Waals surface area contributed by atoms with Gasteiger partial charge in [0.15, 0.2) is 0 Å². The van der Waals surface area contributed by atoms with Crippen LogP contribution in [0.5, 0.6) is 5.75 Å². The van der Waals surface area contributed by atoms with Gasteiger partial charge in [0, 0.05) is 21.0 Å². The van der Waals surface area contributed by atoms with Gasteiger partial charge in [0.05, 0.1) is 36.0 Å². The van der Waals surface area contributed by atoms with Crippen LogP contribution in [-0.4, -0.2) is 43.3 Å². The molecular weight excluding hydrogens is 732 g/mol. The zero-order valence-corrected chi connectivity index (χ0v) is 31.7. The number of primary amides is 1. The highest BCUT2D eigenvalue weighted by Gasteiger charge is 2.27. The van der Waals surface area contributed by atoms with Crippen molar-refractivity contribution in [1.29, 1.82) is 0 Å². The molecule has 54 heavy (non-hydrogen) atoms. The molecule has 2 aromatic heterocycles. The lowest BCUT2D eigenvalue weighted by Crippen LogP contribution is -2.18. The quantitative estimate of drug-likeness (QED) is 0.104. The number of benzene rings is 3. The fourth-order valence-electron chi connectivity index (χ4n) is 5.82. The maximum absolute atomic E-state index is 13.5. The third-order valence-electron chi connectivity index (χ3n) is 8.57. The zero-order chi connectivity index (χ0) is 38.9. The van der Waals surface area contributed by atoms with E-state index in [1.807, 2.05) is 20.8 Å². The summed E-state index contributed by atoms with van der Waals surface area (Å²) in [6.45, 7) is 6.02. The fraction of sp³-hybridized carbons (Fsp3) is 0.225. The van der Waals surface area contributed by atoms with E-state index in [4.69, 9.17) is 10.5 Å². The molecule has 4 amide bonds. The van der Waals surface area contributed by atoms with Gasteiger partial charge < -0.3 is 31.2 Å². The van der Waals surface area contributed by atoms with Crippen molar-refractivity contribution in [1.82, 2.24) is 0 Å². The first-order valence-electron chi connectivity index (χ1n) is 17.1. The Morgan fingerprint density at radius 2 is 1.46 bits per heavy atom. The summed E-state index contributed by atoms with van der Waals surface area (Å²) in [6, 6.07) is 18.8. The first-order chi connectivity index (χ1) is 25.9. The molecule has 280 valence electrons. The molecule has 14 heteroatoms. The second kappa shape index (κ2) is 17.8. The number of hydrogen-bond donors (Lipinski definition) is 4. The molecule has 5 aromatic rings. The van der Waals surface area contributed by atoms with Gasteiger partial charge in [-0.15, -0.1) is 22.7 Å². The van der Waals surface area contributed by atoms with Crippen molar-refractivity contribution in [3.8, 4) is 5.75 Å². The van der Waals surface area contributed by atoms with E-state index in [-0.39, 0.29) is 17.4 Å². The maximum Gasteiger partial charge on any atom is 0.337 e. The normalized spacial score (nSPS) is 11.6. The van der Waals surface area contributed by atoms with Gasteiger partial charge >= 0.3 is 5.97 Å². The van der Waals surface area contributed by atoms with Crippen LogP contribution in [-0.2, 0) is 17.6 Å².